The Balaban J connectivity index is 2.20. The molecular weight excluding hydrogens is 227 g/mol. The van der Waals surface area contributed by atoms with Crippen molar-refractivity contribution in [1.29, 1.82) is 0 Å². The quantitative estimate of drug-likeness (QED) is 0.841. The van der Waals surface area contributed by atoms with Crippen LogP contribution >= 0.6 is 11.6 Å². The summed E-state index contributed by atoms with van der Waals surface area (Å²) in [7, 11) is 0. The third-order valence-corrected chi connectivity index (χ3v) is 4.03. The number of halogens is 2. The minimum absolute atomic E-state index is 0.286. The van der Waals surface area contributed by atoms with Crippen molar-refractivity contribution in [3.8, 4) is 0 Å². The molecule has 0 radical (unpaired) electrons. The molecule has 0 spiro atoms. The van der Waals surface area contributed by atoms with Gasteiger partial charge in [0.2, 0.25) is 0 Å². The predicted octanol–water partition coefficient (Wildman–Crippen LogP) is 3.57. The van der Waals surface area contributed by atoms with Crippen LogP contribution in [0.4, 0.5) is 4.39 Å². The lowest BCUT2D eigenvalue weighted by molar-refractivity contribution is 0.00960. The summed E-state index contributed by atoms with van der Waals surface area (Å²) in [4.78, 5) is 0. The van der Waals surface area contributed by atoms with Gasteiger partial charge in [0.25, 0.3) is 0 Å². The molecule has 1 saturated carbocycles. The molecular formula is C13H16ClFO. The number of benzene rings is 1. The van der Waals surface area contributed by atoms with Crippen LogP contribution in [-0.4, -0.2) is 10.7 Å². The highest BCUT2D eigenvalue weighted by Gasteiger charge is 2.38. The average Bonchev–Trinajstić information content (AvgIpc) is 2.52. The summed E-state index contributed by atoms with van der Waals surface area (Å²) >= 11 is 5.97. The van der Waals surface area contributed by atoms with Crippen molar-refractivity contribution in [3.63, 3.8) is 0 Å². The van der Waals surface area contributed by atoms with Crippen LogP contribution in [0.1, 0.15) is 31.7 Å². The number of hydrogen-bond donors (Lipinski definition) is 1. The fourth-order valence-corrected chi connectivity index (χ4v) is 2.72. The van der Waals surface area contributed by atoms with Gasteiger partial charge in [0, 0.05) is 11.4 Å². The molecule has 2 atom stereocenters. The summed E-state index contributed by atoms with van der Waals surface area (Å²) in [6.07, 6.45) is 3.43. The van der Waals surface area contributed by atoms with Gasteiger partial charge in [0.05, 0.1) is 5.60 Å². The average molecular weight is 243 g/mol. The monoisotopic (exact) mass is 242 g/mol. The molecule has 3 heteroatoms. The maximum absolute atomic E-state index is 12.9. The Kier molecular flexibility index (Phi) is 3.22. The summed E-state index contributed by atoms with van der Waals surface area (Å²) in [5.41, 5.74) is 0.167. The van der Waals surface area contributed by atoms with Crippen LogP contribution in [0.2, 0.25) is 5.02 Å². The normalized spacial score (nSPS) is 29.6. The van der Waals surface area contributed by atoms with Gasteiger partial charge in [-0.05, 0) is 36.5 Å². The van der Waals surface area contributed by atoms with Crippen LogP contribution in [0.25, 0.3) is 0 Å². The van der Waals surface area contributed by atoms with Crippen LogP contribution in [0.15, 0.2) is 18.2 Å². The van der Waals surface area contributed by atoms with E-state index in [4.69, 9.17) is 11.6 Å². The maximum Gasteiger partial charge on any atom is 0.124 e. The lowest BCUT2D eigenvalue weighted by Gasteiger charge is -2.28. The van der Waals surface area contributed by atoms with Crippen molar-refractivity contribution < 1.29 is 9.50 Å². The Labute approximate surface area is 100 Å². The van der Waals surface area contributed by atoms with Crippen LogP contribution in [0, 0.1) is 11.7 Å². The molecule has 2 rings (SSSR count). The number of rotatable bonds is 2. The first-order valence-electron chi connectivity index (χ1n) is 5.67. The Bertz CT molecular complexity index is 394. The van der Waals surface area contributed by atoms with Gasteiger partial charge in [-0.1, -0.05) is 31.0 Å². The van der Waals surface area contributed by atoms with Gasteiger partial charge in [-0.25, -0.2) is 4.39 Å². The van der Waals surface area contributed by atoms with Gasteiger partial charge in [-0.3, -0.25) is 0 Å². The fraction of sp³-hybridized carbons (Fsp3) is 0.538. The van der Waals surface area contributed by atoms with Crippen LogP contribution in [-0.2, 0) is 6.42 Å². The molecule has 0 aromatic heterocycles. The molecule has 0 heterocycles. The van der Waals surface area contributed by atoms with Gasteiger partial charge in [-0.15, -0.1) is 0 Å². The molecule has 0 bridgehead atoms. The van der Waals surface area contributed by atoms with E-state index in [1.807, 2.05) is 0 Å². The highest BCUT2D eigenvalue weighted by molar-refractivity contribution is 6.31. The van der Waals surface area contributed by atoms with Crippen LogP contribution in [0.5, 0.6) is 0 Å². The molecule has 0 saturated heterocycles. The van der Waals surface area contributed by atoms with Gasteiger partial charge in [0.15, 0.2) is 0 Å². The largest absolute Gasteiger partial charge is 0.389 e. The molecule has 2 unspecified atom stereocenters. The van der Waals surface area contributed by atoms with Crippen molar-refractivity contribution in [2.45, 2.75) is 38.2 Å². The summed E-state index contributed by atoms with van der Waals surface area (Å²) in [5, 5.41) is 10.9. The summed E-state index contributed by atoms with van der Waals surface area (Å²) < 4.78 is 12.9. The Morgan fingerprint density at radius 1 is 1.56 bits per heavy atom. The second-order valence-electron chi connectivity index (χ2n) is 4.81. The molecule has 0 amide bonds. The molecule has 1 aliphatic rings. The van der Waals surface area contributed by atoms with Crippen molar-refractivity contribution >= 4 is 11.6 Å². The number of aliphatic hydroxyl groups is 1. The zero-order valence-electron chi connectivity index (χ0n) is 9.34. The van der Waals surface area contributed by atoms with E-state index < -0.39 is 5.60 Å². The molecule has 1 fully saturated rings. The van der Waals surface area contributed by atoms with E-state index in [2.05, 4.69) is 6.92 Å². The van der Waals surface area contributed by atoms with Crippen molar-refractivity contribution in [3.05, 3.63) is 34.6 Å². The molecule has 1 aliphatic carbocycles. The lowest BCUT2D eigenvalue weighted by Crippen LogP contribution is -2.34. The van der Waals surface area contributed by atoms with Crippen molar-refractivity contribution in [1.82, 2.24) is 0 Å². The minimum atomic E-state index is -0.665. The summed E-state index contributed by atoms with van der Waals surface area (Å²) in [5.74, 6) is -0.0474. The fourth-order valence-electron chi connectivity index (χ4n) is 2.49. The second-order valence-corrected chi connectivity index (χ2v) is 5.22. The SMILES string of the molecule is CC1CCCC1(O)Cc1ccc(F)cc1Cl. The molecule has 0 aliphatic heterocycles. The Hall–Kier alpha value is -0.600. The zero-order chi connectivity index (χ0) is 11.8. The second kappa shape index (κ2) is 4.34. The van der Waals surface area contributed by atoms with Crippen LogP contribution < -0.4 is 0 Å². The van der Waals surface area contributed by atoms with E-state index in [-0.39, 0.29) is 11.7 Å². The predicted molar refractivity (Wildman–Crippen MR) is 63.1 cm³/mol. The van der Waals surface area contributed by atoms with Crippen LogP contribution in [0.3, 0.4) is 0 Å². The highest BCUT2D eigenvalue weighted by Crippen LogP contribution is 2.38. The first-order valence-corrected chi connectivity index (χ1v) is 6.05. The van der Waals surface area contributed by atoms with E-state index in [0.29, 0.717) is 11.4 Å². The molecule has 1 aromatic rings. The van der Waals surface area contributed by atoms with E-state index in [1.54, 1.807) is 6.07 Å². The molecule has 1 nitrogen and oxygen atoms in total. The Morgan fingerprint density at radius 3 is 2.88 bits per heavy atom. The van der Waals surface area contributed by atoms with Crippen molar-refractivity contribution in [2.24, 2.45) is 5.92 Å². The molecule has 88 valence electrons. The number of hydrogen-bond acceptors (Lipinski definition) is 1. The summed E-state index contributed by atoms with van der Waals surface area (Å²) in [6, 6.07) is 4.37. The smallest absolute Gasteiger partial charge is 0.124 e. The molecule has 16 heavy (non-hydrogen) atoms. The zero-order valence-corrected chi connectivity index (χ0v) is 10.1. The molecule has 1 aromatic carbocycles. The topological polar surface area (TPSA) is 20.2 Å². The standard InChI is InChI=1S/C13H16ClFO/c1-9-3-2-6-13(9,16)8-10-4-5-11(15)7-12(10)14/h4-5,7,9,16H,2-3,6,8H2,1H3. The maximum atomic E-state index is 12.9. The first-order chi connectivity index (χ1) is 7.51. The van der Waals surface area contributed by atoms with E-state index in [1.165, 1.54) is 12.1 Å². The van der Waals surface area contributed by atoms with E-state index in [9.17, 15) is 9.50 Å². The van der Waals surface area contributed by atoms with E-state index in [0.717, 1.165) is 24.8 Å². The van der Waals surface area contributed by atoms with Gasteiger partial charge in [0.1, 0.15) is 5.82 Å². The van der Waals surface area contributed by atoms with Gasteiger partial charge < -0.3 is 5.11 Å². The third kappa shape index (κ3) is 2.23. The van der Waals surface area contributed by atoms with E-state index >= 15 is 0 Å². The third-order valence-electron chi connectivity index (χ3n) is 3.68. The summed E-state index contributed by atoms with van der Waals surface area (Å²) in [6.45, 7) is 2.06. The minimum Gasteiger partial charge on any atom is -0.389 e. The Morgan fingerprint density at radius 2 is 2.31 bits per heavy atom. The van der Waals surface area contributed by atoms with Gasteiger partial charge >= 0.3 is 0 Å². The molecule has 1 N–H and O–H groups in total. The first kappa shape index (κ1) is 11.9. The highest BCUT2D eigenvalue weighted by atomic mass is 35.5. The van der Waals surface area contributed by atoms with Gasteiger partial charge in [-0.2, -0.15) is 0 Å². The lowest BCUT2D eigenvalue weighted by atomic mass is 9.86. The van der Waals surface area contributed by atoms with Crippen molar-refractivity contribution in [2.75, 3.05) is 0 Å².